The summed E-state index contributed by atoms with van der Waals surface area (Å²) in [7, 11) is 3.56. The van der Waals surface area contributed by atoms with Gasteiger partial charge in [-0.05, 0) is 30.7 Å². The van der Waals surface area contributed by atoms with Gasteiger partial charge in [0.15, 0.2) is 0 Å². The zero-order chi connectivity index (χ0) is 11.7. The molecule has 0 saturated carbocycles. The predicted octanol–water partition coefficient (Wildman–Crippen LogP) is 1.39. The molecule has 2 aromatic rings. The summed E-state index contributed by atoms with van der Waals surface area (Å²) in [5, 5.41) is 10.7. The molecule has 0 amide bonds. The van der Waals surface area contributed by atoms with E-state index in [1.165, 1.54) is 0 Å². The lowest BCUT2D eigenvalue weighted by atomic mass is 10.1. The van der Waals surface area contributed by atoms with Gasteiger partial charge in [-0.1, -0.05) is 0 Å². The molecule has 0 aliphatic carbocycles. The summed E-state index contributed by atoms with van der Waals surface area (Å²) in [6.07, 6.45) is 2.73. The normalized spacial score (nSPS) is 10.9. The number of hydrogen-bond donors (Lipinski definition) is 2. The molecule has 0 aliphatic heterocycles. The maximum atomic E-state index is 9.90. The van der Waals surface area contributed by atoms with Gasteiger partial charge in [0.05, 0.1) is 12.6 Å². The van der Waals surface area contributed by atoms with Crippen LogP contribution in [0.2, 0.25) is 0 Å². The number of hydrogen-bond acceptors (Lipinski definition) is 3. The van der Waals surface area contributed by atoms with E-state index in [0.717, 1.165) is 28.6 Å². The van der Waals surface area contributed by atoms with Gasteiger partial charge in [-0.25, -0.2) is 0 Å². The quantitative estimate of drug-likeness (QED) is 0.821. The number of aromatic hydroxyl groups is 1. The maximum absolute atomic E-state index is 9.90. The Labute approximate surface area is 94.2 Å². The van der Waals surface area contributed by atoms with E-state index < -0.39 is 0 Å². The molecule has 0 aliphatic rings. The average molecular weight is 220 g/mol. The molecule has 0 atom stereocenters. The summed E-state index contributed by atoms with van der Waals surface area (Å²) in [4.78, 5) is 0. The van der Waals surface area contributed by atoms with Crippen LogP contribution in [0.3, 0.4) is 0 Å². The largest absolute Gasteiger partial charge is 0.507 e. The Morgan fingerprint density at radius 1 is 1.44 bits per heavy atom. The molecule has 86 valence electrons. The highest BCUT2D eigenvalue weighted by molar-refractivity contribution is 5.94. The van der Waals surface area contributed by atoms with Crippen LogP contribution in [-0.2, 0) is 13.5 Å². The van der Waals surface area contributed by atoms with Crippen LogP contribution in [0.4, 0.5) is 0 Å². The highest BCUT2D eigenvalue weighted by Gasteiger charge is 2.14. The van der Waals surface area contributed by atoms with Crippen molar-refractivity contribution in [2.75, 3.05) is 13.7 Å². The SMILES string of the molecule is COc1ccc(O)c2c(CCN)cn(C)c12. The summed E-state index contributed by atoms with van der Waals surface area (Å²) in [5.74, 6) is 1.04. The van der Waals surface area contributed by atoms with E-state index in [2.05, 4.69) is 0 Å². The van der Waals surface area contributed by atoms with Gasteiger partial charge in [0.2, 0.25) is 0 Å². The summed E-state index contributed by atoms with van der Waals surface area (Å²) in [5.41, 5.74) is 7.52. The zero-order valence-corrected chi connectivity index (χ0v) is 9.53. The Bertz CT molecular complexity index is 517. The fourth-order valence-electron chi connectivity index (χ4n) is 2.10. The number of aryl methyl sites for hydroxylation is 1. The maximum Gasteiger partial charge on any atom is 0.143 e. The number of phenols is 1. The Morgan fingerprint density at radius 3 is 2.81 bits per heavy atom. The lowest BCUT2D eigenvalue weighted by molar-refractivity contribution is 0.416. The number of nitrogens with two attached hydrogens (primary N) is 1. The molecule has 16 heavy (non-hydrogen) atoms. The number of aromatic nitrogens is 1. The van der Waals surface area contributed by atoms with Crippen LogP contribution in [0.1, 0.15) is 5.56 Å². The van der Waals surface area contributed by atoms with Crippen molar-refractivity contribution in [1.82, 2.24) is 4.57 Å². The smallest absolute Gasteiger partial charge is 0.143 e. The van der Waals surface area contributed by atoms with Gasteiger partial charge in [-0.2, -0.15) is 0 Å². The van der Waals surface area contributed by atoms with Crippen molar-refractivity contribution in [3.8, 4) is 11.5 Å². The van der Waals surface area contributed by atoms with E-state index in [-0.39, 0.29) is 5.75 Å². The van der Waals surface area contributed by atoms with Crippen molar-refractivity contribution < 1.29 is 9.84 Å². The van der Waals surface area contributed by atoms with Crippen molar-refractivity contribution in [2.24, 2.45) is 12.8 Å². The van der Waals surface area contributed by atoms with Gasteiger partial charge in [0, 0.05) is 18.6 Å². The number of fused-ring (bicyclic) bond motifs is 1. The van der Waals surface area contributed by atoms with Crippen LogP contribution in [0.25, 0.3) is 10.9 Å². The van der Waals surface area contributed by atoms with E-state index in [4.69, 9.17) is 10.5 Å². The van der Waals surface area contributed by atoms with Gasteiger partial charge < -0.3 is 20.1 Å². The van der Waals surface area contributed by atoms with Crippen molar-refractivity contribution in [2.45, 2.75) is 6.42 Å². The third-order valence-electron chi connectivity index (χ3n) is 2.78. The van der Waals surface area contributed by atoms with Crippen LogP contribution in [0.15, 0.2) is 18.3 Å². The Hall–Kier alpha value is -1.68. The van der Waals surface area contributed by atoms with Crippen LogP contribution in [0, 0.1) is 0 Å². The molecule has 0 saturated heterocycles. The summed E-state index contributed by atoms with van der Waals surface area (Å²) >= 11 is 0. The first-order valence-corrected chi connectivity index (χ1v) is 5.23. The van der Waals surface area contributed by atoms with Crippen molar-refractivity contribution in [3.05, 3.63) is 23.9 Å². The first kappa shape index (κ1) is 10.8. The zero-order valence-electron chi connectivity index (χ0n) is 9.53. The number of methoxy groups -OCH3 is 1. The molecule has 2 rings (SSSR count). The first-order chi connectivity index (χ1) is 7.69. The molecule has 1 aromatic carbocycles. The molecule has 4 heteroatoms. The molecule has 0 fully saturated rings. The Morgan fingerprint density at radius 2 is 2.19 bits per heavy atom. The molecule has 1 aromatic heterocycles. The number of ether oxygens (including phenoxy) is 1. The number of phenolic OH excluding ortho intramolecular Hbond substituents is 1. The minimum absolute atomic E-state index is 0.278. The molecule has 0 spiro atoms. The lowest BCUT2D eigenvalue weighted by Gasteiger charge is -2.06. The fraction of sp³-hybridized carbons (Fsp3) is 0.333. The van der Waals surface area contributed by atoms with Gasteiger partial charge in [-0.3, -0.25) is 0 Å². The molecule has 4 nitrogen and oxygen atoms in total. The van der Waals surface area contributed by atoms with Gasteiger partial charge in [0.1, 0.15) is 11.5 Å². The summed E-state index contributed by atoms with van der Waals surface area (Å²) < 4.78 is 7.25. The molecule has 0 bridgehead atoms. The Balaban J connectivity index is 2.77. The van der Waals surface area contributed by atoms with Crippen LogP contribution >= 0.6 is 0 Å². The molecule has 1 heterocycles. The molecule has 3 N–H and O–H groups in total. The molecular formula is C12H16N2O2. The Kier molecular flexibility index (Phi) is 2.75. The van der Waals surface area contributed by atoms with Crippen molar-refractivity contribution in [3.63, 3.8) is 0 Å². The van der Waals surface area contributed by atoms with E-state index in [0.29, 0.717) is 6.54 Å². The highest BCUT2D eigenvalue weighted by atomic mass is 16.5. The van der Waals surface area contributed by atoms with Crippen molar-refractivity contribution in [1.29, 1.82) is 0 Å². The van der Waals surface area contributed by atoms with Gasteiger partial charge >= 0.3 is 0 Å². The average Bonchev–Trinajstić information content (AvgIpc) is 2.59. The molecule has 0 unspecified atom stereocenters. The van der Waals surface area contributed by atoms with Gasteiger partial charge in [-0.15, -0.1) is 0 Å². The second-order valence-corrected chi connectivity index (χ2v) is 3.81. The fourth-order valence-corrected chi connectivity index (χ4v) is 2.10. The molecule has 0 radical (unpaired) electrons. The second-order valence-electron chi connectivity index (χ2n) is 3.81. The summed E-state index contributed by atoms with van der Waals surface area (Å²) in [6.45, 7) is 0.565. The summed E-state index contributed by atoms with van der Waals surface area (Å²) in [6, 6.07) is 3.42. The van der Waals surface area contributed by atoms with Crippen LogP contribution in [-0.4, -0.2) is 23.3 Å². The van der Waals surface area contributed by atoms with Crippen LogP contribution < -0.4 is 10.5 Å². The monoisotopic (exact) mass is 220 g/mol. The topological polar surface area (TPSA) is 60.4 Å². The second kappa shape index (κ2) is 4.06. The predicted molar refractivity (Wildman–Crippen MR) is 63.9 cm³/mol. The van der Waals surface area contributed by atoms with E-state index in [9.17, 15) is 5.11 Å². The standard InChI is InChI=1S/C12H16N2O2/c1-14-7-8(5-6-13)11-9(15)3-4-10(16-2)12(11)14/h3-4,7,15H,5-6,13H2,1-2H3. The number of benzene rings is 1. The minimum atomic E-state index is 0.278. The minimum Gasteiger partial charge on any atom is -0.507 e. The first-order valence-electron chi connectivity index (χ1n) is 5.23. The third kappa shape index (κ3) is 1.51. The third-order valence-corrected chi connectivity index (χ3v) is 2.78. The van der Waals surface area contributed by atoms with Crippen LogP contribution in [0.5, 0.6) is 11.5 Å². The lowest BCUT2D eigenvalue weighted by Crippen LogP contribution is -2.01. The number of rotatable bonds is 3. The molecular weight excluding hydrogens is 204 g/mol. The highest BCUT2D eigenvalue weighted by Crippen LogP contribution is 2.35. The van der Waals surface area contributed by atoms with E-state index in [1.54, 1.807) is 19.2 Å². The van der Waals surface area contributed by atoms with Crippen molar-refractivity contribution >= 4 is 10.9 Å². The van der Waals surface area contributed by atoms with Gasteiger partial charge in [0.25, 0.3) is 0 Å². The van der Waals surface area contributed by atoms with E-state index in [1.807, 2.05) is 17.8 Å². The number of nitrogens with zero attached hydrogens (tertiary/aromatic N) is 1. The van der Waals surface area contributed by atoms with E-state index >= 15 is 0 Å².